The first-order chi connectivity index (χ1) is 7.63. The quantitative estimate of drug-likeness (QED) is 0.789. The van der Waals surface area contributed by atoms with Gasteiger partial charge in [0.2, 0.25) is 0 Å². The van der Waals surface area contributed by atoms with Gasteiger partial charge in [-0.25, -0.2) is 9.45 Å². The molecular weight excluding hydrogens is 211 g/mol. The van der Waals surface area contributed by atoms with Gasteiger partial charge in [0.15, 0.2) is 0 Å². The minimum atomic E-state index is -0.354. The van der Waals surface area contributed by atoms with E-state index in [0.717, 1.165) is 5.06 Å². The van der Waals surface area contributed by atoms with Gasteiger partial charge in [-0.3, -0.25) is 9.63 Å². The Hall–Kier alpha value is -1.88. The number of nitrogens with one attached hydrogen (secondary N) is 1. The summed E-state index contributed by atoms with van der Waals surface area (Å²) >= 11 is 0. The van der Waals surface area contributed by atoms with Gasteiger partial charge in [0.25, 0.3) is 5.91 Å². The number of hydroxylamine groups is 2. The van der Waals surface area contributed by atoms with Crippen LogP contribution in [0.5, 0.6) is 0 Å². The molecule has 0 saturated heterocycles. The molecule has 1 N–H and O–H groups in total. The van der Waals surface area contributed by atoms with E-state index in [-0.39, 0.29) is 11.7 Å². The van der Waals surface area contributed by atoms with Crippen LogP contribution in [0, 0.1) is 5.82 Å². The van der Waals surface area contributed by atoms with Crippen molar-refractivity contribution in [1.82, 2.24) is 10.0 Å². The van der Waals surface area contributed by atoms with E-state index in [1.165, 1.54) is 26.3 Å². The van der Waals surface area contributed by atoms with Gasteiger partial charge in [-0.05, 0) is 18.2 Å². The van der Waals surface area contributed by atoms with Gasteiger partial charge >= 0.3 is 0 Å². The molecule has 1 aromatic heterocycles. The smallest absolute Gasteiger partial charge is 0.293 e. The number of rotatable bonds is 2. The number of halogens is 1. The summed E-state index contributed by atoms with van der Waals surface area (Å²) in [4.78, 5) is 19.3. The van der Waals surface area contributed by atoms with Crippen molar-refractivity contribution < 1.29 is 14.0 Å². The van der Waals surface area contributed by atoms with Crippen molar-refractivity contribution in [3.05, 3.63) is 35.8 Å². The van der Waals surface area contributed by atoms with Crippen LogP contribution in [0.25, 0.3) is 10.9 Å². The van der Waals surface area contributed by atoms with Crippen LogP contribution in [0.3, 0.4) is 0 Å². The first-order valence-corrected chi connectivity index (χ1v) is 4.73. The molecule has 0 fully saturated rings. The van der Waals surface area contributed by atoms with E-state index in [1.807, 2.05) is 0 Å². The number of fused-ring (bicyclic) bond motifs is 1. The molecular formula is C11H11FN2O2. The third-order valence-corrected chi connectivity index (χ3v) is 2.40. The van der Waals surface area contributed by atoms with Crippen molar-refractivity contribution >= 4 is 16.8 Å². The molecule has 0 radical (unpaired) electrons. The van der Waals surface area contributed by atoms with Crippen LogP contribution in [-0.2, 0) is 4.84 Å². The number of benzene rings is 1. The second-order valence-electron chi connectivity index (χ2n) is 3.37. The Kier molecular flexibility index (Phi) is 2.62. The summed E-state index contributed by atoms with van der Waals surface area (Å²) in [6.07, 6.45) is 0. The molecule has 0 saturated carbocycles. The van der Waals surface area contributed by atoms with Crippen molar-refractivity contribution in [2.75, 3.05) is 14.2 Å². The molecule has 2 rings (SSSR count). The Morgan fingerprint density at radius 2 is 2.25 bits per heavy atom. The predicted molar refractivity (Wildman–Crippen MR) is 57.4 cm³/mol. The number of aromatic nitrogens is 1. The van der Waals surface area contributed by atoms with E-state index in [0.29, 0.717) is 16.6 Å². The SMILES string of the molecule is CON(C)C(=O)c1cc2c(F)cccc2[nH]1. The third kappa shape index (κ3) is 1.65. The molecule has 0 aliphatic heterocycles. The van der Waals surface area contributed by atoms with Crippen molar-refractivity contribution in [3.8, 4) is 0 Å². The molecule has 0 unspecified atom stereocenters. The summed E-state index contributed by atoms with van der Waals surface area (Å²) in [7, 11) is 2.88. The lowest BCUT2D eigenvalue weighted by Crippen LogP contribution is -2.25. The van der Waals surface area contributed by atoms with Crippen LogP contribution in [0.15, 0.2) is 24.3 Å². The van der Waals surface area contributed by atoms with Gasteiger partial charge < -0.3 is 4.98 Å². The second kappa shape index (κ2) is 3.94. The van der Waals surface area contributed by atoms with Crippen molar-refractivity contribution in [3.63, 3.8) is 0 Å². The molecule has 1 heterocycles. The molecule has 0 spiro atoms. The Balaban J connectivity index is 2.48. The fraction of sp³-hybridized carbons (Fsp3) is 0.182. The number of carbonyl (C=O) groups is 1. The minimum Gasteiger partial charge on any atom is -0.350 e. The zero-order valence-corrected chi connectivity index (χ0v) is 8.95. The lowest BCUT2D eigenvalue weighted by Gasteiger charge is -2.11. The van der Waals surface area contributed by atoms with Gasteiger partial charge in [0.1, 0.15) is 11.5 Å². The second-order valence-corrected chi connectivity index (χ2v) is 3.37. The molecule has 16 heavy (non-hydrogen) atoms. The Morgan fingerprint density at radius 3 is 2.88 bits per heavy atom. The number of hydrogen-bond acceptors (Lipinski definition) is 2. The summed E-state index contributed by atoms with van der Waals surface area (Å²) < 4.78 is 13.4. The lowest BCUT2D eigenvalue weighted by molar-refractivity contribution is -0.0759. The maximum Gasteiger partial charge on any atom is 0.293 e. The summed E-state index contributed by atoms with van der Waals surface area (Å²) in [5, 5.41) is 1.47. The number of carbonyl (C=O) groups excluding carboxylic acids is 1. The van der Waals surface area contributed by atoms with Crippen LogP contribution >= 0.6 is 0 Å². The summed E-state index contributed by atoms with van der Waals surface area (Å²) in [5.41, 5.74) is 0.886. The molecule has 1 amide bonds. The molecule has 0 atom stereocenters. The molecule has 0 aliphatic carbocycles. The highest BCUT2D eigenvalue weighted by Gasteiger charge is 2.15. The van der Waals surface area contributed by atoms with E-state index in [1.54, 1.807) is 12.1 Å². The van der Waals surface area contributed by atoms with Crippen LogP contribution < -0.4 is 0 Å². The molecule has 0 aliphatic rings. The lowest BCUT2D eigenvalue weighted by atomic mass is 10.2. The van der Waals surface area contributed by atoms with Crippen LogP contribution in [0.4, 0.5) is 4.39 Å². The van der Waals surface area contributed by atoms with E-state index in [2.05, 4.69) is 4.98 Å². The number of amides is 1. The van der Waals surface area contributed by atoms with Gasteiger partial charge in [-0.2, -0.15) is 0 Å². The monoisotopic (exact) mass is 222 g/mol. The van der Waals surface area contributed by atoms with Crippen molar-refractivity contribution in [1.29, 1.82) is 0 Å². The highest BCUT2D eigenvalue weighted by atomic mass is 19.1. The molecule has 2 aromatic rings. The van der Waals surface area contributed by atoms with Gasteiger partial charge in [0, 0.05) is 18.0 Å². The van der Waals surface area contributed by atoms with E-state index in [9.17, 15) is 9.18 Å². The number of nitrogens with zero attached hydrogens (tertiary/aromatic N) is 1. The number of H-pyrrole nitrogens is 1. The summed E-state index contributed by atoms with van der Waals surface area (Å²) in [6.45, 7) is 0. The average Bonchev–Trinajstić information content (AvgIpc) is 2.72. The maximum atomic E-state index is 13.4. The van der Waals surface area contributed by atoms with E-state index < -0.39 is 0 Å². The van der Waals surface area contributed by atoms with Crippen LogP contribution in [-0.4, -0.2) is 30.1 Å². The number of aromatic amines is 1. The number of hydrogen-bond donors (Lipinski definition) is 1. The fourth-order valence-corrected chi connectivity index (χ4v) is 1.49. The largest absolute Gasteiger partial charge is 0.350 e. The normalized spacial score (nSPS) is 10.7. The van der Waals surface area contributed by atoms with E-state index >= 15 is 0 Å². The predicted octanol–water partition coefficient (Wildman–Crippen LogP) is 1.94. The molecule has 4 nitrogen and oxygen atoms in total. The summed E-state index contributed by atoms with van der Waals surface area (Å²) in [6, 6.07) is 6.12. The first kappa shape index (κ1) is 10.6. The van der Waals surface area contributed by atoms with Gasteiger partial charge in [-0.1, -0.05) is 6.07 Å². The summed E-state index contributed by atoms with van der Waals surface area (Å²) in [5.74, 6) is -0.703. The highest BCUT2D eigenvalue weighted by molar-refractivity contribution is 5.97. The zero-order valence-electron chi connectivity index (χ0n) is 8.95. The average molecular weight is 222 g/mol. The Labute approximate surface area is 91.6 Å². The molecule has 5 heteroatoms. The molecule has 84 valence electrons. The maximum absolute atomic E-state index is 13.4. The standard InChI is InChI=1S/C11H11FN2O2/c1-14(16-2)11(15)10-6-7-8(12)4-3-5-9(7)13-10/h3-6,13H,1-2H3. The highest BCUT2D eigenvalue weighted by Crippen LogP contribution is 2.19. The molecule has 0 bridgehead atoms. The van der Waals surface area contributed by atoms with Crippen molar-refractivity contribution in [2.45, 2.75) is 0 Å². The van der Waals surface area contributed by atoms with Gasteiger partial charge in [-0.15, -0.1) is 0 Å². The van der Waals surface area contributed by atoms with E-state index in [4.69, 9.17) is 4.84 Å². The minimum absolute atomic E-state index is 0.296. The zero-order chi connectivity index (χ0) is 11.7. The van der Waals surface area contributed by atoms with Crippen LogP contribution in [0.2, 0.25) is 0 Å². The van der Waals surface area contributed by atoms with Crippen molar-refractivity contribution in [2.24, 2.45) is 0 Å². The topological polar surface area (TPSA) is 45.3 Å². The Morgan fingerprint density at radius 1 is 1.50 bits per heavy atom. The van der Waals surface area contributed by atoms with Crippen LogP contribution in [0.1, 0.15) is 10.5 Å². The third-order valence-electron chi connectivity index (χ3n) is 2.40. The fourth-order valence-electron chi connectivity index (χ4n) is 1.49. The first-order valence-electron chi connectivity index (χ1n) is 4.73. The Bertz CT molecular complexity index is 536. The molecule has 1 aromatic carbocycles. The van der Waals surface area contributed by atoms with Gasteiger partial charge in [0.05, 0.1) is 7.11 Å².